The van der Waals surface area contributed by atoms with Crippen molar-refractivity contribution in [1.29, 1.82) is 0 Å². The van der Waals surface area contributed by atoms with Crippen LogP contribution < -0.4 is 0 Å². The van der Waals surface area contributed by atoms with Crippen LogP contribution in [0.15, 0.2) is 94.8 Å². The third-order valence-electron chi connectivity index (χ3n) is 19.0. The van der Waals surface area contributed by atoms with Crippen molar-refractivity contribution in [3.05, 3.63) is 107 Å². The fraction of sp³-hybridized carbons (Fsp3) is 0.727. The minimum absolute atomic E-state index is 0. The van der Waals surface area contributed by atoms with Gasteiger partial charge in [0.2, 0.25) is 0 Å². The molecule has 0 spiro atoms. The van der Waals surface area contributed by atoms with Crippen molar-refractivity contribution >= 4 is 81.9 Å². The Labute approximate surface area is 671 Å². The predicted octanol–water partition coefficient (Wildman–Crippen LogP) is 25.6. The Morgan fingerprint density at radius 3 is 0.600 bits per heavy atom. The first-order chi connectivity index (χ1) is 50.6. The van der Waals surface area contributed by atoms with E-state index in [1.165, 1.54) is 257 Å². The van der Waals surface area contributed by atoms with Gasteiger partial charge in [0, 0.05) is 0 Å². The molecule has 0 bridgehead atoms. The van der Waals surface area contributed by atoms with Crippen molar-refractivity contribution in [2.45, 2.75) is 397 Å². The van der Waals surface area contributed by atoms with Crippen LogP contribution >= 0.6 is 0 Å². The monoisotopic (exact) mass is 1530 g/mol. The fourth-order valence-corrected chi connectivity index (χ4v) is 13.4. The second-order valence-electron chi connectivity index (χ2n) is 28.6. The van der Waals surface area contributed by atoms with E-state index in [1.54, 1.807) is 0 Å². The summed E-state index contributed by atoms with van der Waals surface area (Å²) >= 11 is 0. The molecule has 0 aliphatic carbocycles. The summed E-state index contributed by atoms with van der Waals surface area (Å²) in [7, 11) is -9.65. The fourth-order valence-electron chi connectivity index (χ4n) is 12.4. The maximum Gasteiger partial charge on any atom is 2.00 e. The first-order valence-electron chi connectivity index (χ1n) is 42.1. The molecule has 0 unspecified atom stereocenters. The number of hydrogen-bond donors (Lipinski definition) is 0. The van der Waals surface area contributed by atoms with Gasteiger partial charge in [0.15, 0.2) is 0 Å². The largest absolute Gasteiger partial charge is 2.00 e. The van der Waals surface area contributed by atoms with Crippen LogP contribution in [0.3, 0.4) is 0 Å². The van der Waals surface area contributed by atoms with Crippen molar-refractivity contribution in [1.82, 2.24) is 0 Å². The molecule has 0 radical (unpaired) electrons. The average Bonchev–Trinajstić information content (AvgIpc) is 0.816. The van der Waals surface area contributed by atoms with Crippen LogP contribution in [0.4, 0.5) is 0 Å². The molecule has 0 saturated carbocycles. The van der Waals surface area contributed by atoms with Gasteiger partial charge in [-0.15, -0.1) is 0 Å². The molecular formula is C88H146CaO14S2. The molecular weight excluding hydrogens is 1390 g/mol. The minimum Gasteiger partial charge on any atom is -0.744 e. The summed E-state index contributed by atoms with van der Waals surface area (Å²) < 4.78 is 91.3. The molecule has 596 valence electrons. The molecule has 0 fully saturated rings. The number of allylic oxidation sites excluding steroid dienone is 8. The van der Waals surface area contributed by atoms with Gasteiger partial charge in [-0.3, -0.25) is 0 Å². The number of hydrogen-bond acceptors (Lipinski definition) is 14. The molecule has 2 aromatic rings. The minimum atomic E-state index is -4.82. The van der Waals surface area contributed by atoms with E-state index in [0.717, 1.165) is 113 Å². The number of rotatable bonds is 70. The van der Waals surface area contributed by atoms with Gasteiger partial charge >= 0.3 is 61.6 Å². The normalized spacial score (nSPS) is 11.8. The van der Waals surface area contributed by atoms with Gasteiger partial charge in [0.1, 0.15) is 20.2 Å². The number of benzene rings is 2. The molecule has 105 heavy (non-hydrogen) atoms. The van der Waals surface area contributed by atoms with Crippen molar-refractivity contribution < 1.29 is 64.1 Å². The number of esters is 4. The standard InChI is InChI=1S/2C44H74O7S.Ca/c2*1-3-5-7-9-11-13-15-17-19-21-23-25-27-29-31-33-37-50-43(45)41-36-35-40(52(47,48)49)39-42(41)44(46)51-38-34-32-30-28-26-24-22-20-18-16-14-12-10-8-6-4-2;/h2*25-28,35-36,39H,3-24,29-34,37-38H2,1-2H3,(H,47,48,49);/q;;+2/p-2/b2*27-25+,28-26+;. The van der Waals surface area contributed by atoms with Gasteiger partial charge in [0.05, 0.1) is 58.5 Å². The SMILES string of the molecule is CCCCCCCCCCCC/C=C/CCCCOC(=O)c1ccc(S(=O)(=O)[O-])cc1C(=O)OCCCC/C=C/CCCCCCCCCCCC.CCCCCCCCCCCC/C=C/CCCCOC(=O)c1ccc(S(=O)(=O)[O-])cc1C(=O)OCCCC/C=C/CCCCCCCCCCCC.[Ca+2]. The van der Waals surface area contributed by atoms with E-state index in [2.05, 4.69) is 76.3 Å². The predicted molar refractivity (Wildman–Crippen MR) is 434 cm³/mol. The van der Waals surface area contributed by atoms with Gasteiger partial charge < -0.3 is 28.1 Å². The summed E-state index contributed by atoms with van der Waals surface area (Å²) in [5.41, 5.74) is -0.756. The summed E-state index contributed by atoms with van der Waals surface area (Å²) in [6, 6.07) is 6.18. The quantitative estimate of drug-likeness (QED) is 0.0150. The van der Waals surface area contributed by atoms with Gasteiger partial charge in [-0.2, -0.15) is 0 Å². The summed E-state index contributed by atoms with van der Waals surface area (Å²) in [6.45, 7) is 9.61. The molecule has 0 aliphatic rings. The van der Waals surface area contributed by atoms with Crippen LogP contribution in [0.25, 0.3) is 0 Å². The zero-order chi connectivity index (χ0) is 75.9. The van der Waals surface area contributed by atoms with E-state index in [0.29, 0.717) is 25.7 Å². The molecule has 2 aromatic carbocycles. The Balaban J connectivity index is 0.00000204. The first kappa shape index (κ1) is 101. The molecule has 0 saturated heterocycles. The average molecular weight is 1530 g/mol. The first-order valence-corrected chi connectivity index (χ1v) is 44.9. The number of unbranched alkanes of at least 4 members (excludes halogenated alkanes) is 48. The van der Waals surface area contributed by atoms with E-state index in [4.69, 9.17) is 18.9 Å². The van der Waals surface area contributed by atoms with Crippen molar-refractivity contribution in [3.63, 3.8) is 0 Å². The van der Waals surface area contributed by atoms with Crippen molar-refractivity contribution in [2.24, 2.45) is 0 Å². The topological polar surface area (TPSA) is 220 Å². The smallest absolute Gasteiger partial charge is 0.744 e. The zero-order valence-corrected chi connectivity index (χ0v) is 70.6. The number of carbonyl (C=O) groups excluding carboxylic acids is 4. The Hall–Kier alpha value is -3.64. The molecule has 2 rings (SSSR count). The summed E-state index contributed by atoms with van der Waals surface area (Å²) in [5, 5.41) is 0. The van der Waals surface area contributed by atoms with Crippen LogP contribution in [0, 0.1) is 0 Å². The van der Waals surface area contributed by atoms with E-state index >= 15 is 0 Å². The van der Waals surface area contributed by atoms with E-state index in [-0.39, 0.29) is 86.4 Å². The maximum absolute atomic E-state index is 12.9. The Morgan fingerprint density at radius 2 is 0.419 bits per heavy atom. The second-order valence-corrected chi connectivity index (χ2v) is 31.4. The molecule has 0 heterocycles. The molecule has 14 nitrogen and oxygen atoms in total. The number of carbonyl (C=O) groups is 4. The zero-order valence-electron chi connectivity index (χ0n) is 66.7. The molecule has 0 aromatic heterocycles. The Bertz CT molecular complexity index is 2610. The van der Waals surface area contributed by atoms with Crippen LogP contribution in [0.5, 0.6) is 0 Å². The third kappa shape index (κ3) is 60.8. The number of ether oxygens (including phenoxy) is 4. The van der Waals surface area contributed by atoms with E-state index in [1.807, 2.05) is 0 Å². The summed E-state index contributed by atoms with van der Waals surface area (Å²) in [6.07, 6.45) is 84.7. The third-order valence-corrected chi connectivity index (χ3v) is 20.7. The molecule has 0 N–H and O–H groups in total. The van der Waals surface area contributed by atoms with Crippen LogP contribution in [0.1, 0.15) is 429 Å². The Morgan fingerprint density at radius 1 is 0.257 bits per heavy atom. The summed E-state index contributed by atoms with van der Waals surface area (Å²) in [5.74, 6) is -3.18. The van der Waals surface area contributed by atoms with Crippen molar-refractivity contribution in [3.8, 4) is 0 Å². The van der Waals surface area contributed by atoms with Crippen LogP contribution in [0.2, 0.25) is 0 Å². The van der Waals surface area contributed by atoms with Gasteiger partial charge in [0.25, 0.3) is 0 Å². The molecule has 0 amide bonds. The second kappa shape index (κ2) is 73.2. The van der Waals surface area contributed by atoms with Gasteiger partial charge in [-0.05, 0) is 165 Å². The van der Waals surface area contributed by atoms with Crippen LogP contribution in [-0.4, -0.2) is 114 Å². The van der Waals surface area contributed by atoms with E-state index in [9.17, 15) is 45.1 Å². The van der Waals surface area contributed by atoms with Gasteiger partial charge in [-0.25, -0.2) is 36.0 Å². The molecule has 17 heteroatoms. The van der Waals surface area contributed by atoms with Crippen LogP contribution in [-0.2, 0) is 39.2 Å². The molecule has 0 atom stereocenters. The van der Waals surface area contributed by atoms with E-state index < -0.39 is 53.9 Å². The molecule has 0 aliphatic heterocycles. The van der Waals surface area contributed by atoms with Crippen molar-refractivity contribution in [2.75, 3.05) is 26.4 Å². The summed E-state index contributed by atoms with van der Waals surface area (Å²) in [4.78, 5) is 50.3. The van der Waals surface area contributed by atoms with Gasteiger partial charge in [-0.1, -0.05) is 307 Å². The maximum atomic E-state index is 12.9. The Kier molecular flexibility index (Phi) is 70.6.